The van der Waals surface area contributed by atoms with Gasteiger partial charge in [0.05, 0.1) is 6.04 Å². The highest BCUT2D eigenvalue weighted by Gasteiger charge is 2.21. The van der Waals surface area contributed by atoms with Gasteiger partial charge in [-0.3, -0.25) is 0 Å². The second kappa shape index (κ2) is 3.64. The number of aromatic nitrogens is 3. The second-order valence-electron chi connectivity index (χ2n) is 3.35. The van der Waals surface area contributed by atoms with Crippen molar-refractivity contribution >= 4 is 11.6 Å². The number of aryl methyl sites for hydroxylation is 1. The molecule has 4 nitrogen and oxygen atoms in total. The van der Waals surface area contributed by atoms with Gasteiger partial charge in [-0.05, 0) is 31.5 Å². The fourth-order valence-corrected chi connectivity index (χ4v) is 2.01. The van der Waals surface area contributed by atoms with E-state index in [0.717, 1.165) is 25.2 Å². The molecule has 1 aliphatic rings. The molecule has 13 heavy (non-hydrogen) atoms. The topological polar surface area (TPSA) is 42.7 Å². The molecule has 0 aromatic carbocycles. The third-order valence-corrected chi connectivity index (χ3v) is 2.56. The molecule has 1 aliphatic heterocycles. The van der Waals surface area contributed by atoms with E-state index in [1.807, 2.05) is 11.7 Å². The summed E-state index contributed by atoms with van der Waals surface area (Å²) in [5.74, 6) is 1.02. The minimum Gasteiger partial charge on any atom is -0.318 e. The number of halogens is 1. The van der Waals surface area contributed by atoms with Crippen molar-refractivity contribution in [2.45, 2.75) is 25.3 Å². The van der Waals surface area contributed by atoms with Crippen molar-refractivity contribution in [2.24, 2.45) is 0 Å². The minimum absolute atomic E-state index is 0.373. The van der Waals surface area contributed by atoms with Gasteiger partial charge in [0.2, 0.25) is 5.28 Å². The van der Waals surface area contributed by atoms with Crippen molar-refractivity contribution in [3.8, 4) is 0 Å². The van der Waals surface area contributed by atoms with Gasteiger partial charge in [-0.15, -0.1) is 5.10 Å². The number of rotatable bonds is 2. The van der Waals surface area contributed by atoms with Crippen LogP contribution in [0.4, 0.5) is 0 Å². The lowest BCUT2D eigenvalue weighted by molar-refractivity contribution is 0.353. The Bertz CT molecular complexity index is 296. The molecule has 0 saturated heterocycles. The van der Waals surface area contributed by atoms with Gasteiger partial charge < -0.3 is 5.32 Å². The highest BCUT2D eigenvalue weighted by Crippen LogP contribution is 2.23. The van der Waals surface area contributed by atoms with Crippen molar-refractivity contribution in [3.05, 3.63) is 11.1 Å². The van der Waals surface area contributed by atoms with Crippen LogP contribution in [-0.4, -0.2) is 28.4 Å². The van der Waals surface area contributed by atoms with Crippen LogP contribution in [0.5, 0.6) is 0 Å². The highest BCUT2D eigenvalue weighted by molar-refractivity contribution is 6.28. The zero-order chi connectivity index (χ0) is 9.26. The zero-order valence-corrected chi connectivity index (χ0v) is 8.38. The fourth-order valence-electron chi connectivity index (χ4n) is 1.83. The first-order valence-electron chi connectivity index (χ1n) is 4.57. The Balaban J connectivity index is 2.25. The van der Waals surface area contributed by atoms with Gasteiger partial charge >= 0.3 is 0 Å². The molecule has 0 fully saturated rings. The summed E-state index contributed by atoms with van der Waals surface area (Å²) in [5, 5.41) is 7.71. The molecule has 0 spiro atoms. The van der Waals surface area contributed by atoms with Crippen LogP contribution in [0.2, 0.25) is 5.28 Å². The summed E-state index contributed by atoms with van der Waals surface area (Å²) >= 11 is 5.75. The molecule has 5 heteroatoms. The van der Waals surface area contributed by atoms with E-state index >= 15 is 0 Å². The Morgan fingerprint density at radius 1 is 1.69 bits per heavy atom. The van der Waals surface area contributed by atoms with E-state index < -0.39 is 0 Å². The van der Waals surface area contributed by atoms with Gasteiger partial charge in [0, 0.05) is 13.0 Å². The molecule has 0 radical (unpaired) electrons. The minimum atomic E-state index is 0.373. The number of hydrogen-bond donors (Lipinski definition) is 1. The summed E-state index contributed by atoms with van der Waals surface area (Å²) in [4.78, 5) is 4.17. The molecule has 0 bridgehead atoms. The molecule has 1 aromatic rings. The molecule has 1 unspecified atom stereocenters. The molecule has 1 N–H and O–H groups in total. The van der Waals surface area contributed by atoms with Crippen molar-refractivity contribution in [3.63, 3.8) is 0 Å². The smallest absolute Gasteiger partial charge is 0.242 e. The Hall–Kier alpha value is -0.610. The lowest BCUT2D eigenvalue weighted by atomic mass is 10.1. The number of hydrogen-bond acceptors (Lipinski definition) is 3. The summed E-state index contributed by atoms with van der Waals surface area (Å²) in [6.45, 7) is 0.937. The molecular formula is C8H13ClN4. The Labute approximate surface area is 82.3 Å². The number of nitrogens with one attached hydrogen (secondary N) is 1. The Morgan fingerprint density at radius 2 is 2.54 bits per heavy atom. The largest absolute Gasteiger partial charge is 0.318 e. The summed E-state index contributed by atoms with van der Waals surface area (Å²) < 4.78 is 1.96. The molecule has 2 rings (SSSR count). The zero-order valence-electron chi connectivity index (χ0n) is 7.63. The van der Waals surface area contributed by atoms with Crippen molar-refractivity contribution < 1.29 is 0 Å². The summed E-state index contributed by atoms with van der Waals surface area (Å²) in [6.07, 6.45) is 3.34. The molecule has 0 saturated carbocycles. The van der Waals surface area contributed by atoms with Crippen LogP contribution in [0.25, 0.3) is 0 Å². The third kappa shape index (κ3) is 1.69. The molecule has 2 heterocycles. The van der Waals surface area contributed by atoms with E-state index in [2.05, 4.69) is 15.4 Å². The lowest BCUT2D eigenvalue weighted by Gasteiger charge is -2.22. The van der Waals surface area contributed by atoms with Crippen LogP contribution in [0.3, 0.4) is 0 Å². The van der Waals surface area contributed by atoms with Gasteiger partial charge in [0.15, 0.2) is 0 Å². The van der Waals surface area contributed by atoms with E-state index in [9.17, 15) is 0 Å². The average molecular weight is 201 g/mol. The normalized spacial score (nSPS) is 21.5. The lowest BCUT2D eigenvalue weighted by Crippen LogP contribution is -2.27. The maximum absolute atomic E-state index is 5.75. The number of nitrogens with zero attached hydrogens (tertiary/aromatic N) is 3. The van der Waals surface area contributed by atoms with Crippen molar-refractivity contribution in [1.29, 1.82) is 0 Å². The maximum atomic E-state index is 5.75. The van der Waals surface area contributed by atoms with Gasteiger partial charge in [-0.2, -0.15) is 0 Å². The highest BCUT2D eigenvalue weighted by atomic mass is 35.5. The van der Waals surface area contributed by atoms with E-state index in [1.165, 1.54) is 6.42 Å². The predicted octanol–water partition coefficient (Wildman–Crippen LogP) is 1.03. The first-order chi connectivity index (χ1) is 6.31. The number of likely N-dealkylation sites (N-methyl/N-ethyl adjacent to an activating group) is 1. The molecule has 0 amide bonds. The van der Waals surface area contributed by atoms with Gasteiger partial charge in [-0.1, -0.05) is 0 Å². The molecule has 0 aliphatic carbocycles. The standard InChI is InChI=1S/C8H13ClN4/c1-10-5-6-3-2-4-7-11-8(9)12-13(6)7/h6,10H,2-5H2,1H3. The van der Waals surface area contributed by atoms with Crippen LogP contribution >= 0.6 is 11.6 Å². The van der Waals surface area contributed by atoms with Crippen LogP contribution in [0, 0.1) is 0 Å². The first-order valence-corrected chi connectivity index (χ1v) is 4.94. The Morgan fingerprint density at radius 3 is 3.31 bits per heavy atom. The second-order valence-corrected chi connectivity index (χ2v) is 3.68. The van der Waals surface area contributed by atoms with E-state index in [1.54, 1.807) is 0 Å². The van der Waals surface area contributed by atoms with Gasteiger partial charge in [0.25, 0.3) is 0 Å². The number of fused-ring (bicyclic) bond motifs is 1. The molecule has 72 valence electrons. The molecule has 1 aromatic heterocycles. The SMILES string of the molecule is CNCC1CCCc2nc(Cl)nn21. The monoisotopic (exact) mass is 200 g/mol. The third-order valence-electron chi connectivity index (χ3n) is 2.40. The van der Waals surface area contributed by atoms with Crippen LogP contribution < -0.4 is 5.32 Å². The summed E-state index contributed by atoms with van der Waals surface area (Å²) in [5.41, 5.74) is 0. The van der Waals surface area contributed by atoms with E-state index in [4.69, 9.17) is 11.6 Å². The van der Waals surface area contributed by atoms with E-state index in [-0.39, 0.29) is 0 Å². The molecular weight excluding hydrogens is 188 g/mol. The first kappa shape index (κ1) is 8.97. The average Bonchev–Trinajstić information content (AvgIpc) is 2.47. The molecule has 1 atom stereocenters. The quantitative estimate of drug-likeness (QED) is 0.776. The van der Waals surface area contributed by atoms with E-state index in [0.29, 0.717) is 11.3 Å². The summed E-state index contributed by atoms with van der Waals surface area (Å²) in [6, 6.07) is 0.425. The van der Waals surface area contributed by atoms with Gasteiger partial charge in [0.1, 0.15) is 5.82 Å². The Kier molecular flexibility index (Phi) is 2.51. The van der Waals surface area contributed by atoms with Crippen LogP contribution in [0.15, 0.2) is 0 Å². The van der Waals surface area contributed by atoms with Crippen molar-refractivity contribution in [2.75, 3.05) is 13.6 Å². The van der Waals surface area contributed by atoms with Crippen molar-refractivity contribution in [1.82, 2.24) is 20.1 Å². The van der Waals surface area contributed by atoms with Gasteiger partial charge in [-0.25, -0.2) is 9.67 Å². The summed E-state index contributed by atoms with van der Waals surface area (Å²) in [7, 11) is 1.95. The maximum Gasteiger partial charge on any atom is 0.242 e. The van der Waals surface area contributed by atoms with Crippen LogP contribution in [-0.2, 0) is 6.42 Å². The predicted molar refractivity (Wildman–Crippen MR) is 50.9 cm³/mol. The fraction of sp³-hybridized carbons (Fsp3) is 0.750. The van der Waals surface area contributed by atoms with Crippen LogP contribution in [0.1, 0.15) is 24.7 Å².